The van der Waals surface area contributed by atoms with E-state index in [-0.39, 0.29) is 0 Å². The van der Waals surface area contributed by atoms with E-state index in [9.17, 15) is 4.21 Å². The van der Waals surface area contributed by atoms with Crippen molar-refractivity contribution in [3.05, 3.63) is 84.4 Å². The van der Waals surface area contributed by atoms with Crippen molar-refractivity contribution in [1.29, 1.82) is 0 Å². The van der Waals surface area contributed by atoms with Crippen LogP contribution in [-0.4, -0.2) is 9.19 Å². The molecule has 1 atom stereocenters. The first-order valence-electron chi connectivity index (χ1n) is 7.93. The van der Waals surface area contributed by atoms with Gasteiger partial charge < -0.3 is 9.73 Å². The van der Waals surface area contributed by atoms with Gasteiger partial charge in [0, 0.05) is 10.6 Å². The summed E-state index contributed by atoms with van der Waals surface area (Å²) in [5, 5.41) is 3.17. The first kappa shape index (κ1) is 15.6. The summed E-state index contributed by atoms with van der Waals surface area (Å²) in [6.07, 6.45) is 0. The van der Waals surface area contributed by atoms with Gasteiger partial charge in [0.2, 0.25) is 0 Å². The van der Waals surface area contributed by atoms with E-state index in [0.717, 1.165) is 27.2 Å². The number of anilines is 2. The maximum atomic E-state index is 12.5. The molecule has 0 spiro atoms. The minimum Gasteiger partial charge on any atom is -0.423 e. The number of nitrogens with one attached hydrogen (secondary N) is 1. The lowest BCUT2D eigenvalue weighted by molar-refractivity contribution is 0.623. The zero-order valence-electron chi connectivity index (χ0n) is 13.4. The Labute approximate surface area is 148 Å². The number of nitrogens with zero attached hydrogens (tertiary/aromatic N) is 1. The molecule has 0 aliphatic heterocycles. The summed E-state index contributed by atoms with van der Waals surface area (Å²) in [7, 11) is -1.07. The lowest BCUT2D eigenvalue weighted by atomic mass is 10.2. The van der Waals surface area contributed by atoms with Crippen LogP contribution in [0.25, 0.3) is 11.1 Å². The number of aromatic nitrogens is 1. The molecule has 4 rings (SSSR count). The molecule has 0 aliphatic carbocycles. The summed E-state index contributed by atoms with van der Waals surface area (Å²) in [5.74, 6) is 0.465. The average Bonchev–Trinajstić information content (AvgIpc) is 3.05. The Balaban J connectivity index is 1.52. The first-order chi connectivity index (χ1) is 12.3. The third-order valence-corrected chi connectivity index (χ3v) is 5.17. The number of oxazole rings is 1. The van der Waals surface area contributed by atoms with Crippen LogP contribution < -0.4 is 5.32 Å². The molecule has 0 amide bonds. The smallest absolute Gasteiger partial charge is 0.300 e. The minimum absolute atomic E-state index is 0.447. The molecule has 3 aromatic carbocycles. The quantitative estimate of drug-likeness (QED) is 0.558. The van der Waals surface area contributed by atoms with E-state index < -0.39 is 10.8 Å². The molecule has 0 saturated heterocycles. The predicted molar refractivity (Wildman–Crippen MR) is 100 cm³/mol. The molecule has 1 N–H and O–H groups in total. The van der Waals surface area contributed by atoms with Crippen LogP contribution in [0.15, 0.2) is 88.2 Å². The lowest BCUT2D eigenvalue weighted by Gasteiger charge is -2.06. The third kappa shape index (κ3) is 3.61. The van der Waals surface area contributed by atoms with Gasteiger partial charge in [0.1, 0.15) is 5.52 Å². The molecular weight excluding hydrogens is 332 g/mol. The van der Waals surface area contributed by atoms with E-state index in [4.69, 9.17) is 4.42 Å². The van der Waals surface area contributed by atoms with E-state index in [1.807, 2.05) is 78.9 Å². The van der Waals surface area contributed by atoms with Gasteiger partial charge in [-0.05, 0) is 42.0 Å². The van der Waals surface area contributed by atoms with Gasteiger partial charge in [-0.15, -0.1) is 0 Å². The molecule has 4 nitrogen and oxygen atoms in total. The van der Waals surface area contributed by atoms with Crippen LogP contribution in [0.3, 0.4) is 0 Å². The Kier molecular flexibility index (Phi) is 4.31. The van der Waals surface area contributed by atoms with E-state index in [2.05, 4.69) is 10.3 Å². The molecule has 1 aromatic heterocycles. The van der Waals surface area contributed by atoms with Crippen molar-refractivity contribution in [2.45, 2.75) is 10.6 Å². The Morgan fingerprint density at radius 2 is 1.72 bits per heavy atom. The zero-order valence-corrected chi connectivity index (χ0v) is 14.2. The van der Waals surface area contributed by atoms with E-state index >= 15 is 0 Å². The fourth-order valence-electron chi connectivity index (χ4n) is 2.60. The van der Waals surface area contributed by atoms with Gasteiger partial charge in [0.15, 0.2) is 5.58 Å². The molecular formula is C20H16N2O2S. The number of fused-ring (bicyclic) bond motifs is 1. The Hall–Kier alpha value is -2.92. The lowest BCUT2D eigenvalue weighted by Crippen LogP contribution is -1.97. The van der Waals surface area contributed by atoms with Crippen molar-refractivity contribution in [3.63, 3.8) is 0 Å². The predicted octanol–water partition coefficient (Wildman–Crippen LogP) is 4.88. The number of hydrogen-bond donors (Lipinski definition) is 1. The highest BCUT2D eigenvalue weighted by Gasteiger charge is 2.08. The molecule has 4 aromatic rings. The SMILES string of the molecule is O=S(Cc1cccc(Nc2nc3ccccc3o2)c1)c1ccccc1. The monoisotopic (exact) mass is 348 g/mol. The molecule has 0 radical (unpaired) electrons. The minimum atomic E-state index is -1.07. The molecule has 0 aliphatic rings. The maximum absolute atomic E-state index is 12.5. The first-order valence-corrected chi connectivity index (χ1v) is 9.25. The highest BCUT2D eigenvalue weighted by Crippen LogP contribution is 2.23. The van der Waals surface area contributed by atoms with E-state index in [1.165, 1.54) is 0 Å². The molecule has 0 fully saturated rings. The Morgan fingerprint density at radius 3 is 2.56 bits per heavy atom. The standard InChI is InChI=1S/C20H16N2O2S/c23-25(17-9-2-1-3-10-17)14-15-7-6-8-16(13-15)21-20-22-18-11-4-5-12-19(18)24-20/h1-13H,14H2,(H,21,22). The zero-order chi connectivity index (χ0) is 17.1. The van der Waals surface area contributed by atoms with Gasteiger partial charge in [-0.1, -0.05) is 42.5 Å². The van der Waals surface area contributed by atoms with Gasteiger partial charge in [-0.25, -0.2) is 0 Å². The highest BCUT2D eigenvalue weighted by molar-refractivity contribution is 7.84. The largest absolute Gasteiger partial charge is 0.423 e. The number of para-hydroxylation sites is 2. The fraction of sp³-hybridized carbons (Fsp3) is 0.0500. The van der Waals surface area contributed by atoms with E-state index in [0.29, 0.717) is 11.8 Å². The number of rotatable bonds is 5. The second kappa shape index (κ2) is 6.91. The number of benzene rings is 3. The van der Waals surface area contributed by atoms with Crippen molar-refractivity contribution in [2.75, 3.05) is 5.32 Å². The molecule has 5 heteroatoms. The van der Waals surface area contributed by atoms with Gasteiger partial charge in [0.25, 0.3) is 6.01 Å². The average molecular weight is 348 g/mol. The van der Waals surface area contributed by atoms with Crippen LogP contribution in [0, 0.1) is 0 Å². The van der Waals surface area contributed by atoms with Crippen LogP contribution in [-0.2, 0) is 16.6 Å². The van der Waals surface area contributed by atoms with Crippen molar-refractivity contribution in [3.8, 4) is 0 Å². The Bertz CT molecular complexity index is 995. The van der Waals surface area contributed by atoms with E-state index in [1.54, 1.807) is 0 Å². The molecule has 1 heterocycles. The fourth-order valence-corrected chi connectivity index (χ4v) is 3.70. The van der Waals surface area contributed by atoms with Crippen LogP contribution >= 0.6 is 0 Å². The Morgan fingerprint density at radius 1 is 0.920 bits per heavy atom. The van der Waals surface area contributed by atoms with Crippen LogP contribution in [0.5, 0.6) is 0 Å². The topological polar surface area (TPSA) is 55.1 Å². The summed E-state index contributed by atoms with van der Waals surface area (Å²) in [6, 6.07) is 25.4. The third-order valence-electron chi connectivity index (χ3n) is 3.78. The molecule has 25 heavy (non-hydrogen) atoms. The van der Waals surface area contributed by atoms with Crippen molar-refractivity contribution >= 4 is 33.6 Å². The van der Waals surface area contributed by atoms with Crippen LogP contribution in [0.2, 0.25) is 0 Å². The van der Waals surface area contributed by atoms with Gasteiger partial charge in [-0.3, -0.25) is 4.21 Å². The van der Waals surface area contributed by atoms with Crippen molar-refractivity contribution < 1.29 is 8.63 Å². The summed E-state index contributed by atoms with van der Waals surface area (Å²) in [6.45, 7) is 0. The van der Waals surface area contributed by atoms with Crippen molar-refractivity contribution in [2.24, 2.45) is 0 Å². The van der Waals surface area contributed by atoms with Gasteiger partial charge in [-0.2, -0.15) is 4.98 Å². The summed E-state index contributed by atoms with van der Waals surface area (Å²) in [5.41, 5.74) is 3.40. The molecule has 124 valence electrons. The molecule has 0 saturated carbocycles. The normalized spacial score (nSPS) is 12.2. The highest BCUT2D eigenvalue weighted by atomic mass is 32.2. The molecule has 0 bridgehead atoms. The second-order valence-electron chi connectivity index (χ2n) is 5.62. The van der Waals surface area contributed by atoms with Gasteiger partial charge >= 0.3 is 0 Å². The summed E-state index contributed by atoms with van der Waals surface area (Å²) in [4.78, 5) is 5.24. The molecule has 1 unspecified atom stereocenters. The summed E-state index contributed by atoms with van der Waals surface area (Å²) >= 11 is 0. The van der Waals surface area contributed by atoms with Crippen LogP contribution in [0.4, 0.5) is 11.7 Å². The van der Waals surface area contributed by atoms with Gasteiger partial charge in [0.05, 0.1) is 16.6 Å². The number of hydrogen-bond acceptors (Lipinski definition) is 4. The second-order valence-corrected chi connectivity index (χ2v) is 7.07. The van der Waals surface area contributed by atoms with Crippen molar-refractivity contribution in [1.82, 2.24) is 4.98 Å². The summed E-state index contributed by atoms with van der Waals surface area (Å²) < 4.78 is 18.1. The maximum Gasteiger partial charge on any atom is 0.300 e. The van der Waals surface area contributed by atoms with Crippen LogP contribution in [0.1, 0.15) is 5.56 Å².